The van der Waals surface area contributed by atoms with Crippen molar-refractivity contribution in [2.45, 2.75) is 0 Å². The topological polar surface area (TPSA) is 51.2 Å². The Morgan fingerprint density at radius 1 is 1.29 bits per heavy atom. The van der Waals surface area contributed by atoms with E-state index in [4.69, 9.17) is 0 Å². The van der Waals surface area contributed by atoms with Crippen LogP contribution < -0.4 is 0 Å². The summed E-state index contributed by atoms with van der Waals surface area (Å²) in [5.41, 5.74) is -0.422. The highest BCUT2D eigenvalue weighted by molar-refractivity contribution is 7.87. The number of ketones is 1. The van der Waals surface area contributed by atoms with Gasteiger partial charge in [-0.3, -0.25) is 4.79 Å². The van der Waals surface area contributed by atoms with Crippen molar-refractivity contribution >= 4 is 16.0 Å². The summed E-state index contributed by atoms with van der Waals surface area (Å²) in [5.74, 6) is -3.28. The van der Waals surface area contributed by atoms with Gasteiger partial charge in [0.1, 0.15) is 11.6 Å². The van der Waals surface area contributed by atoms with Crippen LogP contribution >= 0.6 is 0 Å². The molecule has 0 aliphatic heterocycles. The number of hydrogen-bond acceptors (Lipinski definition) is 3. The normalized spacial score (nSPS) is 11.3. The Kier molecular flexibility index (Phi) is 2.95. The van der Waals surface area contributed by atoms with Gasteiger partial charge in [0.05, 0.1) is 5.56 Å². The van der Waals surface area contributed by atoms with Crippen molar-refractivity contribution in [1.29, 1.82) is 0 Å². The van der Waals surface area contributed by atoms with Crippen molar-refractivity contribution in [1.82, 2.24) is 0 Å². The van der Waals surface area contributed by atoms with E-state index in [-0.39, 0.29) is 0 Å². The molecule has 6 heteroatoms. The molecule has 0 amide bonds. The van der Waals surface area contributed by atoms with Gasteiger partial charge in [0.2, 0.25) is 0 Å². The van der Waals surface area contributed by atoms with Gasteiger partial charge in [-0.05, 0) is 12.1 Å². The van der Waals surface area contributed by atoms with Gasteiger partial charge in [-0.15, -0.1) is 3.89 Å². The second-order valence-corrected chi connectivity index (χ2v) is 3.95. The van der Waals surface area contributed by atoms with E-state index in [1.807, 2.05) is 0 Å². The first kappa shape index (κ1) is 10.8. The zero-order chi connectivity index (χ0) is 10.8. The zero-order valence-corrected chi connectivity index (χ0v) is 7.72. The van der Waals surface area contributed by atoms with E-state index >= 15 is 0 Å². The van der Waals surface area contributed by atoms with Crippen LogP contribution in [0.2, 0.25) is 0 Å². The van der Waals surface area contributed by atoms with Crippen LogP contribution in [0.5, 0.6) is 0 Å². The van der Waals surface area contributed by atoms with Gasteiger partial charge in [-0.25, -0.2) is 4.39 Å². The third-order valence-electron chi connectivity index (χ3n) is 1.48. The van der Waals surface area contributed by atoms with E-state index in [0.29, 0.717) is 0 Å². The summed E-state index contributed by atoms with van der Waals surface area (Å²) in [7, 11) is -4.90. The average Bonchev–Trinajstić information content (AvgIpc) is 2.01. The molecule has 0 fully saturated rings. The smallest absolute Gasteiger partial charge is 0.293 e. The van der Waals surface area contributed by atoms with Crippen LogP contribution in [0, 0.1) is 5.82 Å². The average molecular weight is 220 g/mol. The van der Waals surface area contributed by atoms with E-state index < -0.39 is 33.1 Å². The molecule has 0 saturated heterocycles. The quantitative estimate of drug-likeness (QED) is 0.570. The molecule has 14 heavy (non-hydrogen) atoms. The molecule has 0 bridgehead atoms. The fourth-order valence-electron chi connectivity index (χ4n) is 0.922. The summed E-state index contributed by atoms with van der Waals surface area (Å²) in [4.78, 5) is 11.0. The fraction of sp³-hybridized carbons (Fsp3) is 0.125. The first-order valence-corrected chi connectivity index (χ1v) is 5.15. The highest BCUT2D eigenvalue weighted by atomic mass is 32.3. The molecule has 0 unspecified atom stereocenters. The van der Waals surface area contributed by atoms with Crippen LogP contribution in [0.15, 0.2) is 24.3 Å². The molecule has 0 aromatic heterocycles. The van der Waals surface area contributed by atoms with Crippen molar-refractivity contribution in [3.05, 3.63) is 35.6 Å². The number of halogens is 2. The maximum Gasteiger partial charge on any atom is 0.309 e. The molecule has 0 atom stereocenters. The molecule has 1 aromatic rings. The van der Waals surface area contributed by atoms with Crippen LogP contribution in [0.25, 0.3) is 0 Å². The van der Waals surface area contributed by atoms with E-state index in [0.717, 1.165) is 12.1 Å². The fourth-order valence-corrected chi connectivity index (χ4v) is 1.39. The Morgan fingerprint density at radius 3 is 2.36 bits per heavy atom. The molecule has 0 spiro atoms. The molecule has 1 rings (SSSR count). The third-order valence-corrected chi connectivity index (χ3v) is 2.08. The Hall–Kier alpha value is -1.30. The molecule has 76 valence electrons. The minimum Gasteiger partial charge on any atom is -0.293 e. The maximum absolute atomic E-state index is 12.9. The van der Waals surface area contributed by atoms with Crippen molar-refractivity contribution < 1.29 is 21.5 Å². The number of carbonyl (C=O) groups excluding carboxylic acids is 1. The SMILES string of the molecule is O=C(CS(=O)(=O)F)c1ccccc1F. The minimum atomic E-state index is -4.90. The Morgan fingerprint density at radius 2 is 1.86 bits per heavy atom. The lowest BCUT2D eigenvalue weighted by Crippen LogP contribution is -2.13. The summed E-state index contributed by atoms with van der Waals surface area (Å²) in [6.45, 7) is 0. The van der Waals surface area contributed by atoms with E-state index in [2.05, 4.69) is 0 Å². The maximum atomic E-state index is 12.9. The van der Waals surface area contributed by atoms with Gasteiger partial charge >= 0.3 is 10.2 Å². The summed E-state index contributed by atoms with van der Waals surface area (Å²) in [6, 6.07) is 4.80. The van der Waals surface area contributed by atoms with Crippen molar-refractivity contribution in [2.75, 3.05) is 5.75 Å². The van der Waals surface area contributed by atoms with Crippen molar-refractivity contribution in [3.8, 4) is 0 Å². The highest BCUT2D eigenvalue weighted by Gasteiger charge is 2.18. The largest absolute Gasteiger partial charge is 0.309 e. The Labute approximate surface area is 79.6 Å². The van der Waals surface area contributed by atoms with Crippen molar-refractivity contribution in [3.63, 3.8) is 0 Å². The summed E-state index contributed by atoms with van der Waals surface area (Å²) < 4.78 is 45.2. The van der Waals surface area contributed by atoms with Crippen LogP contribution in [0.4, 0.5) is 8.28 Å². The molecule has 0 saturated carbocycles. The van der Waals surface area contributed by atoms with Gasteiger partial charge < -0.3 is 0 Å². The third kappa shape index (κ3) is 2.88. The first-order valence-electron chi connectivity index (χ1n) is 3.60. The van der Waals surface area contributed by atoms with Crippen LogP contribution in [-0.2, 0) is 10.2 Å². The standard InChI is InChI=1S/C8H6F2O3S/c9-7-4-2-1-3-6(7)8(11)5-14(10,12)13/h1-4H,5H2. The first-order chi connectivity index (χ1) is 6.40. The molecular weight excluding hydrogens is 214 g/mol. The lowest BCUT2D eigenvalue weighted by Gasteiger charge is -1.98. The lowest BCUT2D eigenvalue weighted by molar-refractivity contribution is 0.101. The van der Waals surface area contributed by atoms with Gasteiger partial charge in [-0.1, -0.05) is 12.1 Å². The van der Waals surface area contributed by atoms with Gasteiger partial charge in [0.25, 0.3) is 0 Å². The summed E-state index contributed by atoms with van der Waals surface area (Å²) in [5, 5.41) is 0. The van der Waals surface area contributed by atoms with Gasteiger partial charge in [0.15, 0.2) is 5.78 Å². The van der Waals surface area contributed by atoms with Crippen molar-refractivity contribution in [2.24, 2.45) is 0 Å². The predicted octanol–water partition coefficient (Wildman–Crippen LogP) is 1.31. The number of hydrogen-bond donors (Lipinski definition) is 0. The minimum absolute atomic E-state index is 0.422. The molecule has 0 N–H and O–H groups in total. The van der Waals surface area contributed by atoms with E-state index in [1.165, 1.54) is 12.1 Å². The van der Waals surface area contributed by atoms with Crippen LogP contribution in [-0.4, -0.2) is 20.0 Å². The highest BCUT2D eigenvalue weighted by Crippen LogP contribution is 2.08. The predicted molar refractivity (Wildman–Crippen MR) is 45.6 cm³/mol. The lowest BCUT2D eigenvalue weighted by atomic mass is 10.1. The van der Waals surface area contributed by atoms with E-state index in [9.17, 15) is 21.5 Å². The number of rotatable bonds is 3. The second kappa shape index (κ2) is 3.83. The Balaban J connectivity index is 2.97. The molecule has 0 aliphatic carbocycles. The number of benzene rings is 1. The Bertz CT molecular complexity index is 453. The van der Waals surface area contributed by atoms with Gasteiger partial charge in [0, 0.05) is 0 Å². The molecule has 0 heterocycles. The van der Waals surface area contributed by atoms with Crippen LogP contribution in [0.1, 0.15) is 10.4 Å². The molecule has 1 aromatic carbocycles. The monoisotopic (exact) mass is 220 g/mol. The van der Waals surface area contributed by atoms with Gasteiger partial charge in [-0.2, -0.15) is 8.42 Å². The molecular formula is C8H6F2O3S. The zero-order valence-electron chi connectivity index (χ0n) is 6.91. The summed E-state index contributed by atoms with van der Waals surface area (Å²) in [6.07, 6.45) is 0. The van der Waals surface area contributed by atoms with E-state index in [1.54, 1.807) is 0 Å². The van der Waals surface area contributed by atoms with Crippen LogP contribution in [0.3, 0.4) is 0 Å². The number of Topliss-reactive ketones (excluding diaryl/α,β-unsaturated/α-hetero) is 1. The summed E-state index contributed by atoms with van der Waals surface area (Å²) >= 11 is 0. The molecule has 0 aliphatic rings. The molecule has 0 radical (unpaired) electrons. The second-order valence-electron chi connectivity index (χ2n) is 2.59. The molecule has 3 nitrogen and oxygen atoms in total. The number of carbonyl (C=O) groups is 1.